The molecule has 8 nitrogen and oxygen atoms in total. The predicted octanol–water partition coefficient (Wildman–Crippen LogP) is 2.29. The molecule has 0 aliphatic carbocycles. The van der Waals surface area contributed by atoms with Gasteiger partial charge in [-0.3, -0.25) is 29.9 Å². The van der Waals surface area contributed by atoms with Gasteiger partial charge in [0.1, 0.15) is 0 Å². The molecule has 1 aromatic carbocycles. The summed E-state index contributed by atoms with van der Waals surface area (Å²) >= 11 is 0. The second-order valence-electron chi connectivity index (χ2n) is 6.53. The number of benzene rings is 1. The van der Waals surface area contributed by atoms with Gasteiger partial charge in [-0.1, -0.05) is 6.07 Å². The molecule has 0 radical (unpaired) electrons. The summed E-state index contributed by atoms with van der Waals surface area (Å²) in [7, 11) is 0. The molecule has 3 heterocycles. The number of rotatable bonds is 6. The molecule has 3 aromatic rings. The number of carbonyl (C=O) groups is 2. The first-order chi connectivity index (χ1) is 14.7. The van der Waals surface area contributed by atoms with E-state index in [2.05, 4.69) is 26.1 Å². The monoisotopic (exact) mass is 401 g/mol. The van der Waals surface area contributed by atoms with Gasteiger partial charge in [0.25, 0.3) is 11.8 Å². The van der Waals surface area contributed by atoms with Crippen LogP contribution in [0, 0.1) is 0 Å². The van der Waals surface area contributed by atoms with Crippen molar-refractivity contribution in [3.8, 4) is 0 Å². The number of nitrogens with zero attached hydrogens (tertiary/aromatic N) is 2. The van der Waals surface area contributed by atoms with Gasteiger partial charge in [0.05, 0.1) is 17.9 Å². The van der Waals surface area contributed by atoms with Crippen LogP contribution in [-0.2, 0) is 16.2 Å². The Labute approximate surface area is 173 Å². The Bertz CT molecular complexity index is 1050. The zero-order chi connectivity index (χ0) is 20.8. The smallest absolute Gasteiger partial charge is 0.260 e. The van der Waals surface area contributed by atoms with Crippen molar-refractivity contribution in [2.45, 2.75) is 12.6 Å². The van der Waals surface area contributed by atoms with Crippen molar-refractivity contribution in [3.05, 3.63) is 96.1 Å². The number of hydroxylamine groups is 1. The van der Waals surface area contributed by atoms with Gasteiger partial charge in [-0.05, 0) is 54.6 Å². The lowest BCUT2D eigenvalue weighted by atomic mass is 10.1. The van der Waals surface area contributed by atoms with Crippen LogP contribution >= 0.6 is 0 Å². The summed E-state index contributed by atoms with van der Waals surface area (Å²) in [5.41, 5.74) is 6.08. The van der Waals surface area contributed by atoms with Crippen LogP contribution in [0.15, 0.2) is 79.3 Å². The molecular weight excluding hydrogens is 382 g/mol. The normalized spacial score (nSPS) is 15.1. The topological polar surface area (TPSA) is 105 Å². The lowest BCUT2D eigenvalue weighted by Crippen LogP contribution is -2.28. The van der Waals surface area contributed by atoms with Crippen molar-refractivity contribution in [3.63, 3.8) is 0 Å². The minimum Gasteiger partial charge on any atom is -0.346 e. The van der Waals surface area contributed by atoms with Crippen LogP contribution in [0.4, 0.5) is 5.69 Å². The van der Waals surface area contributed by atoms with Crippen LogP contribution in [0.5, 0.6) is 0 Å². The summed E-state index contributed by atoms with van der Waals surface area (Å²) in [5, 5.41) is 5.58. The molecule has 0 bridgehead atoms. The lowest BCUT2D eigenvalue weighted by molar-refractivity contribution is -0.125. The average Bonchev–Trinajstić information content (AvgIpc) is 3.30. The van der Waals surface area contributed by atoms with E-state index in [4.69, 9.17) is 4.84 Å². The maximum atomic E-state index is 12.4. The molecule has 2 aromatic heterocycles. The van der Waals surface area contributed by atoms with Crippen LogP contribution in [0.25, 0.3) is 5.70 Å². The first kappa shape index (κ1) is 19.3. The number of pyridine rings is 2. The summed E-state index contributed by atoms with van der Waals surface area (Å²) in [5.74, 6) is -0.542. The fourth-order valence-electron chi connectivity index (χ4n) is 2.85. The van der Waals surface area contributed by atoms with Gasteiger partial charge in [-0.15, -0.1) is 0 Å². The number of anilines is 1. The van der Waals surface area contributed by atoms with E-state index in [-0.39, 0.29) is 11.8 Å². The third kappa shape index (κ3) is 4.68. The van der Waals surface area contributed by atoms with Gasteiger partial charge in [0.15, 0.2) is 6.10 Å². The van der Waals surface area contributed by atoms with E-state index in [1.807, 2.05) is 24.3 Å². The molecule has 0 saturated carbocycles. The molecular formula is C22H19N5O3. The largest absolute Gasteiger partial charge is 0.346 e. The van der Waals surface area contributed by atoms with E-state index in [1.54, 1.807) is 55.0 Å². The standard InChI is InChI=1S/C22H19N5O3/c28-21(25-14-18-5-1-2-11-24-18)15-6-8-17(9-7-15)26-22(29)20-12-19(27-30-20)16-4-3-10-23-13-16/h1-13,20,27H,14H2,(H,25,28)(H,26,29). The molecule has 30 heavy (non-hydrogen) atoms. The quantitative estimate of drug-likeness (QED) is 0.585. The minimum absolute atomic E-state index is 0.217. The minimum atomic E-state index is -0.776. The van der Waals surface area contributed by atoms with E-state index in [0.717, 1.165) is 11.3 Å². The summed E-state index contributed by atoms with van der Waals surface area (Å²) in [6.07, 6.45) is 5.94. The molecule has 3 N–H and O–H groups in total. The molecule has 1 aliphatic rings. The third-order valence-electron chi connectivity index (χ3n) is 4.42. The van der Waals surface area contributed by atoms with Crippen LogP contribution in [0.3, 0.4) is 0 Å². The Morgan fingerprint density at radius 1 is 1.03 bits per heavy atom. The summed E-state index contributed by atoms with van der Waals surface area (Å²) < 4.78 is 0. The highest BCUT2D eigenvalue weighted by atomic mass is 16.7. The fraction of sp³-hybridized carbons (Fsp3) is 0.0909. The molecule has 1 unspecified atom stereocenters. The van der Waals surface area contributed by atoms with Crippen molar-refractivity contribution in [1.29, 1.82) is 0 Å². The van der Waals surface area contributed by atoms with Crippen molar-refractivity contribution in [2.75, 3.05) is 5.32 Å². The van der Waals surface area contributed by atoms with Crippen molar-refractivity contribution < 1.29 is 14.4 Å². The molecule has 0 fully saturated rings. The second kappa shape index (κ2) is 8.97. The molecule has 1 aliphatic heterocycles. The Morgan fingerprint density at radius 2 is 1.90 bits per heavy atom. The Balaban J connectivity index is 1.32. The highest BCUT2D eigenvalue weighted by Crippen LogP contribution is 2.19. The third-order valence-corrected chi connectivity index (χ3v) is 4.42. The number of aromatic nitrogens is 2. The van der Waals surface area contributed by atoms with Crippen LogP contribution in [0.2, 0.25) is 0 Å². The maximum Gasteiger partial charge on any atom is 0.260 e. The second-order valence-corrected chi connectivity index (χ2v) is 6.53. The Kier molecular flexibility index (Phi) is 5.77. The predicted molar refractivity (Wildman–Crippen MR) is 111 cm³/mol. The van der Waals surface area contributed by atoms with Gasteiger partial charge in [-0.2, -0.15) is 0 Å². The summed E-state index contributed by atoms with van der Waals surface area (Å²) in [4.78, 5) is 38.3. The number of amides is 2. The van der Waals surface area contributed by atoms with Gasteiger partial charge < -0.3 is 10.6 Å². The SMILES string of the molecule is O=C(NCc1ccccn1)c1ccc(NC(=O)C2C=C(c3cccnc3)NO2)cc1. The van der Waals surface area contributed by atoms with Crippen LogP contribution < -0.4 is 16.1 Å². The molecule has 4 rings (SSSR count). The zero-order valence-corrected chi connectivity index (χ0v) is 15.9. The van der Waals surface area contributed by atoms with Gasteiger partial charge in [0.2, 0.25) is 0 Å². The highest BCUT2D eigenvalue weighted by Gasteiger charge is 2.24. The van der Waals surface area contributed by atoms with E-state index in [9.17, 15) is 9.59 Å². The first-order valence-electron chi connectivity index (χ1n) is 9.32. The molecule has 1 atom stereocenters. The molecule has 0 saturated heterocycles. The highest BCUT2D eigenvalue weighted by molar-refractivity contribution is 5.98. The summed E-state index contributed by atoms with van der Waals surface area (Å²) in [6.45, 7) is 0.343. The molecule has 8 heteroatoms. The van der Waals surface area contributed by atoms with E-state index in [1.165, 1.54) is 0 Å². The lowest BCUT2D eigenvalue weighted by Gasteiger charge is -2.10. The van der Waals surface area contributed by atoms with Gasteiger partial charge >= 0.3 is 0 Å². The van der Waals surface area contributed by atoms with Crippen LogP contribution in [0.1, 0.15) is 21.6 Å². The zero-order valence-electron chi connectivity index (χ0n) is 15.9. The van der Waals surface area contributed by atoms with E-state index in [0.29, 0.717) is 23.5 Å². The molecule has 2 amide bonds. The molecule has 0 spiro atoms. The number of nitrogens with one attached hydrogen (secondary N) is 3. The van der Waals surface area contributed by atoms with Crippen molar-refractivity contribution in [1.82, 2.24) is 20.8 Å². The average molecular weight is 401 g/mol. The van der Waals surface area contributed by atoms with Crippen molar-refractivity contribution >= 4 is 23.2 Å². The van der Waals surface area contributed by atoms with E-state index >= 15 is 0 Å². The number of hydrogen-bond donors (Lipinski definition) is 3. The summed E-state index contributed by atoms with van der Waals surface area (Å²) in [6, 6.07) is 15.8. The first-order valence-corrected chi connectivity index (χ1v) is 9.32. The number of hydrogen-bond acceptors (Lipinski definition) is 6. The number of carbonyl (C=O) groups excluding carboxylic acids is 2. The van der Waals surface area contributed by atoms with Crippen molar-refractivity contribution in [2.24, 2.45) is 0 Å². The Hall–Kier alpha value is -4.04. The van der Waals surface area contributed by atoms with Crippen LogP contribution in [-0.4, -0.2) is 27.9 Å². The maximum absolute atomic E-state index is 12.4. The Morgan fingerprint density at radius 3 is 2.63 bits per heavy atom. The van der Waals surface area contributed by atoms with E-state index < -0.39 is 6.10 Å². The van der Waals surface area contributed by atoms with Gasteiger partial charge in [-0.25, -0.2) is 0 Å². The van der Waals surface area contributed by atoms with Gasteiger partial charge in [0, 0.05) is 35.4 Å². The fourth-order valence-corrected chi connectivity index (χ4v) is 2.85. The molecule has 150 valence electrons.